The molecule has 0 amide bonds. The van der Waals surface area contributed by atoms with Gasteiger partial charge in [0.1, 0.15) is 11.8 Å². The molecule has 0 saturated heterocycles. The number of nitrogens with one attached hydrogen (secondary N) is 2. The van der Waals surface area contributed by atoms with Crippen LogP contribution in [0.4, 0.5) is 0 Å². The number of hydrogen-bond acceptors (Lipinski definition) is 11. The second kappa shape index (κ2) is 14.7. The van der Waals surface area contributed by atoms with Gasteiger partial charge in [0.05, 0.1) is 29.1 Å². The van der Waals surface area contributed by atoms with E-state index in [0.29, 0.717) is 32.0 Å². The summed E-state index contributed by atoms with van der Waals surface area (Å²) in [5, 5.41) is 3.29. The second-order valence-corrected chi connectivity index (χ2v) is 13.3. The normalized spacial score (nSPS) is 12.5. The maximum Gasteiger partial charge on any atom is 0.336 e. The zero-order valence-electron chi connectivity index (χ0n) is 24.1. The molecule has 2 aromatic heterocycles. The van der Waals surface area contributed by atoms with Gasteiger partial charge < -0.3 is 24.5 Å². The average Bonchev–Trinajstić information content (AvgIpc) is 3.26. The molecular formula is C26H43N4O8P. The van der Waals surface area contributed by atoms with E-state index in [1.807, 2.05) is 6.20 Å². The van der Waals surface area contributed by atoms with Crippen molar-refractivity contribution in [1.29, 1.82) is 0 Å². The molecule has 2 aromatic rings. The van der Waals surface area contributed by atoms with Crippen molar-refractivity contribution < 1.29 is 37.4 Å². The lowest BCUT2D eigenvalue weighted by molar-refractivity contribution is -0.162. The third kappa shape index (κ3) is 10.9. The van der Waals surface area contributed by atoms with Crippen molar-refractivity contribution in [2.45, 2.75) is 74.3 Å². The lowest BCUT2D eigenvalue weighted by Crippen LogP contribution is -2.25. The number of unbranched alkanes of at least 4 members (excludes halogenated alkanes) is 1. The molecule has 0 aromatic carbocycles. The Morgan fingerprint density at radius 3 is 2.15 bits per heavy atom. The van der Waals surface area contributed by atoms with E-state index >= 15 is 0 Å². The smallest absolute Gasteiger partial charge is 0.336 e. The first kappa shape index (κ1) is 32.7. The number of aromatic amines is 1. The van der Waals surface area contributed by atoms with Crippen molar-refractivity contribution >= 4 is 30.6 Å². The van der Waals surface area contributed by atoms with E-state index in [1.165, 1.54) is 6.33 Å². The van der Waals surface area contributed by atoms with Gasteiger partial charge in [-0.2, -0.15) is 4.98 Å². The molecule has 0 aliphatic rings. The molecular weight excluding hydrogens is 527 g/mol. The van der Waals surface area contributed by atoms with Crippen molar-refractivity contribution in [3.05, 3.63) is 18.1 Å². The first-order valence-corrected chi connectivity index (χ1v) is 14.9. The highest BCUT2D eigenvalue weighted by Crippen LogP contribution is 2.48. The lowest BCUT2D eigenvalue weighted by atomic mass is 9.98. The van der Waals surface area contributed by atoms with Crippen LogP contribution < -0.4 is 10.1 Å². The summed E-state index contributed by atoms with van der Waals surface area (Å²) in [6.45, 7) is 12.8. The van der Waals surface area contributed by atoms with E-state index in [-0.39, 0.29) is 6.16 Å². The number of hydrogen-bond donors (Lipinski definition) is 2. The minimum Gasteiger partial charge on any atom is -0.476 e. The molecule has 0 atom stereocenters. The van der Waals surface area contributed by atoms with Crippen LogP contribution in [0.5, 0.6) is 5.88 Å². The van der Waals surface area contributed by atoms with Gasteiger partial charge in [-0.15, -0.1) is 0 Å². The molecule has 2 rings (SSSR count). The predicted molar refractivity (Wildman–Crippen MR) is 146 cm³/mol. The van der Waals surface area contributed by atoms with E-state index < -0.39 is 44.0 Å². The molecule has 12 nitrogen and oxygen atoms in total. The van der Waals surface area contributed by atoms with Crippen molar-refractivity contribution in [1.82, 2.24) is 20.3 Å². The largest absolute Gasteiger partial charge is 0.476 e. The van der Waals surface area contributed by atoms with Crippen LogP contribution in [0.15, 0.2) is 12.5 Å². The SMILES string of the molecule is CCCCOc1ncnc2c(CNCCCP(=O)(OCOC(=O)C(C)(C)C)OCOC(=O)C(C)(C)C)c[nH]c12. The molecule has 39 heavy (non-hydrogen) atoms. The molecule has 0 unspecified atom stereocenters. The third-order valence-corrected chi connectivity index (χ3v) is 7.31. The van der Waals surface area contributed by atoms with Crippen LogP contribution in [0, 0.1) is 10.8 Å². The highest BCUT2D eigenvalue weighted by Gasteiger charge is 2.29. The molecule has 0 radical (unpaired) electrons. The van der Waals surface area contributed by atoms with Gasteiger partial charge in [0.25, 0.3) is 0 Å². The molecule has 0 aliphatic heterocycles. The number of H-pyrrole nitrogens is 1. The standard InChI is InChI=1S/C26H43N4O8P/c1-8-9-12-34-22-21-20(29-16-30-22)19(15-28-21)14-27-11-10-13-39(33,37-17-35-23(31)25(2,3)4)38-18-36-24(32)26(5,6)7/h15-16,27-28H,8-14,17-18H2,1-7H3. The Kier molecular flexibility index (Phi) is 12.4. The summed E-state index contributed by atoms with van der Waals surface area (Å²) < 4.78 is 39.9. The summed E-state index contributed by atoms with van der Waals surface area (Å²) in [6.07, 6.45) is 5.73. The van der Waals surface area contributed by atoms with Gasteiger partial charge in [-0.3, -0.25) is 23.2 Å². The van der Waals surface area contributed by atoms with Crippen molar-refractivity contribution in [2.75, 3.05) is 32.9 Å². The Bertz CT molecular complexity index is 1090. The topological polar surface area (TPSA) is 151 Å². The molecule has 2 heterocycles. The quantitative estimate of drug-likeness (QED) is 0.122. The van der Waals surface area contributed by atoms with Crippen LogP contribution in [0.3, 0.4) is 0 Å². The van der Waals surface area contributed by atoms with Crippen LogP contribution in [0.2, 0.25) is 0 Å². The number of rotatable bonds is 16. The van der Waals surface area contributed by atoms with E-state index in [0.717, 1.165) is 29.4 Å². The maximum absolute atomic E-state index is 13.3. The van der Waals surface area contributed by atoms with Gasteiger partial charge >= 0.3 is 19.5 Å². The first-order chi connectivity index (χ1) is 18.3. The molecule has 0 saturated carbocycles. The van der Waals surface area contributed by atoms with Crippen LogP contribution in [0.1, 0.15) is 73.3 Å². The number of carbonyl (C=O) groups is 2. The number of esters is 2. The summed E-state index contributed by atoms with van der Waals surface area (Å²) in [5.74, 6) is -0.484. The number of ether oxygens (including phenoxy) is 3. The minimum absolute atomic E-state index is 0.0195. The monoisotopic (exact) mass is 570 g/mol. The van der Waals surface area contributed by atoms with E-state index in [2.05, 4.69) is 27.2 Å². The fourth-order valence-corrected chi connectivity index (χ4v) is 4.37. The zero-order valence-corrected chi connectivity index (χ0v) is 25.0. The van der Waals surface area contributed by atoms with Crippen molar-refractivity contribution in [2.24, 2.45) is 10.8 Å². The molecule has 0 aliphatic carbocycles. The van der Waals surface area contributed by atoms with Crippen molar-refractivity contribution in [3.63, 3.8) is 0 Å². The Morgan fingerprint density at radius 1 is 0.974 bits per heavy atom. The first-order valence-electron chi connectivity index (χ1n) is 13.1. The Labute approximate surface area is 230 Å². The maximum atomic E-state index is 13.3. The van der Waals surface area contributed by atoms with Gasteiger partial charge in [-0.25, -0.2) is 4.98 Å². The van der Waals surface area contributed by atoms with Crippen LogP contribution in [0.25, 0.3) is 11.0 Å². The number of carbonyl (C=O) groups excluding carboxylic acids is 2. The molecule has 2 N–H and O–H groups in total. The van der Waals surface area contributed by atoms with Gasteiger partial charge in [0, 0.05) is 18.3 Å². The highest BCUT2D eigenvalue weighted by molar-refractivity contribution is 7.53. The molecule has 13 heteroatoms. The number of aromatic nitrogens is 3. The van der Waals surface area contributed by atoms with Crippen LogP contribution >= 0.6 is 7.60 Å². The van der Waals surface area contributed by atoms with Gasteiger partial charge in [0.2, 0.25) is 19.5 Å². The average molecular weight is 571 g/mol. The summed E-state index contributed by atoms with van der Waals surface area (Å²) >= 11 is 0. The van der Waals surface area contributed by atoms with Gasteiger partial charge in [-0.1, -0.05) is 13.3 Å². The van der Waals surface area contributed by atoms with Gasteiger partial charge in [0.15, 0.2) is 0 Å². The molecule has 0 fully saturated rings. The Hall–Kier alpha value is -2.53. The summed E-state index contributed by atoms with van der Waals surface area (Å²) in [7, 11) is -3.73. The molecule has 0 spiro atoms. The Morgan fingerprint density at radius 2 is 1.59 bits per heavy atom. The zero-order chi connectivity index (χ0) is 29.1. The number of fused-ring (bicyclic) bond motifs is 1. The second-order valence-electron chi connectivity index (χ2n) is 11.1. The fraction of sp³-hybridized carbons (Fsp3) is 0.692. The summed E-state index contributed by atoms with van der Waals surface area (Å²) in [6, 6.07) is 0. The van der Waals surface area contributed by atoms with Crippen LogP contribution in [-0.2, 0) is 39.2 Å². The van der Waals surface area contributed by atoms with Crippen molar-refractivity contribution in [3.8, 4) is 5.88 Å². The molecule has 220 valence electrons. The fourth-order valence-electron chi connectivity index (χ4n) is 3.07. The van der Waals surface area contributed by atoms with E-state index in [1.54, 1.807) is 41.5 Å². The van der Waals surface area contributed by atoms with Gasteiger partial charge in [-0.05, 0) is 60.9 Å². The minimum atomic E-state index is -3.73. The van der Waals surface area contributed by atoms with E-state index in [4.69, 9.17) is 23.3 Å². The highest BCUT2D eigenvalue weighted by atomic mass is 31.2. The summed E-state index contributed by atoms with van der Waals surface area (Å²) in [5.41, 5.74) is 0.965. The third-order valence-electron chi connectivity index (χ3n) is 5.45. The van der Waals surface area contributed by atoms with Crippen LogP contribution in [-0.4, -0.2) is 59.8 Å². The lowest BCUT2D eigenvalue weighted by Gasteiger charge is -2.22. The van der Waals surface area contributed by atoms with E-state index in [9.17, 15) is 14.2 Å². The predicted octanol–water partition coefficient (Wildman–Crippen LogP) is 4.94. The molecule has 0 bridgehead atoms. The number of nitrogens with zero attached hydrogens (tertiary/aromatic N) is 2. The Balaban J connectivity index is 1.90. The summed E-state index contributed by atoms with van der Waals surface area (Å²) in [4.78, 5) is 35.8.